The molecule has 0 aromatic heterocycles. The van der Waals surface area contributed by atoms with Crippen molar-refractivity contribution in [2.24, 2.45) is 0 Å². The molecule has 0 aliphatic carbocycles. The van der Waals surface area contributed by atoms with Crippen LogP contribution in [-0.4, -0.2) is 11.0 Å². The number of ether oxygens (including phenoxy) is 1. The van der Waals surface area contributed by atoms with Crippen LogP contribution in [0, 0.1) is 0 Å². The molecule has 0 aromatic rings. The molecule has 0 amide bonds. The molecule has 112 valence electrons. The van der Waals surface area contributed by atoms with Gasteiger partial charge in [-0.05, 0) is 35.7 Å². The second-order valence-corrected chi connectivity index (χ2v) is 6.23. The van der Waals surface area contributed by atoms with E-state index in [1.165, 1.54) is 51.4 Å². The molecule has 0 spiro atoms. The van der Waals surface area contributed by atoms with Gasteiger partial charge in [0, 0.05) is 5.57 Å². The molecule has 0 N–H and O–H groups in total. The summed E-state index contributed by atoms with van der Waals surface area (Å²) in [4.78, 5) is 11.3. The van der Waals surface area contributed by atoms with E-state index in [4.69, 9.17) is 4.74 Å². The van der Waals surface area contributed by atoms with Crippen molar-refractivity contribution in [1.29, 1.82) is 0 Å². The van der Waals surface area contributed by atoms with Crippen molar-refractivity contribution in [2.45, 2.75) is 83.1 Å². The lowest BCUT2D eigenvalue weighted by molar-refractivity contribution is -0.140. The van der Waals surface area contributed by atoms with E-state index in [0.29, 0.717) is 5.57 Å². The summed E-state index contributed by atoms with van der Waals surface area (Å²) in [5.41, 5.74) is 0.455. The summed E-state index contributed by atoms with van der Waals surface area (Å²) in [6, 6.07) is 0. The van der Waals surface area contributed by atoms with Crippen LogP contribution in [-0.2, 0) is 9.53 Å². The second kappa shape index (κ2) is 12.7. The Morgan fingerprint density at radius 2 is 1.53 bits per heavy atom. The topological polar surface area (TPSA) is 26.3 Å². The van der Waals surface area contributed by atoms with Crippen molar-refractivity contribution in [3.63, 3.8) is 0 Å². The maximum absolute atomic E-state index is 11.3. The molecule has 1 unspecified atom stereocenters. The van der Waals surface area contributed by atoms with E-state index >= 15 is 0 Å². The van der Waals surface area contributed by atoms with Crippen LogP contribution >= 0.6 is 15.9 Å². The van der Waals surface area contributed by atoms with E-state index in [1.807, 2.05) is 0 Å². The average molecular weight is 333 g/mol. The first-order chi connectivity index (χ1) is 9.07. The molecule has 2 nitrogen and oxygen atoms in total. The standard InChI is InChI=1S/C16H29BrO2/c1-4-5-6-7-8-9-10-11-12-13-15(17)19-16(18)14(2)3/h15H,2,4-13H2,1,3H3. The maximum atomic E-state index is 11.3. The molecule has 0 aliphatic rings. The minimum atomic E-state index is -0.308. The molecule has 3 heteroatoms. The molecular weight excluding hydrogens is 304 g/mol. The number of hydrogen-bond donors (Lipinski definition) is 0. The van der Waals surface area contributed by atoms with Gasteiger partial charge in [0.2, 0.25) is 0 Å². The summed E-state index contributed by atoms with van der Waals surface area (Å²) in [5, 5.41) is -0.166. The highest BCUT2D eigenvalue weighted by atomic mass is 79.9. The van der Waals surface area contributed by atoms with Crippen molar-refractivity contribution in [3.8, 4) is 0 Å². The molecule has 0 rings (SSSR count). The van der Waals surface area contributed by atoms with E-state index in [9.17, 15) is 4.79 Å². The van der Waals surface area contributed by atoms with E-state index in [2.05, 4.69) is 29.4 Å². The van der Waals surface area contributed by atoms with Crippen LogP contribution in [0.25, 0.3) is 0 Å². The summed E-state index contributed by atoms with van der Waals surface area (Å²) in [6.07, 6.45) is 12.7. The van der Waals surface area contributed by atoms with Gasteiger partial charge in [0.25, 0.3) is 0 Å². The predicted molar refractivity (Wildman–Crippen MR) is 85.5 cm³/mol. The SMILES string of the molecule is C=C(C)C(=O)OC(Br)CCCCCCCCCCC. The van der Waals surface area contributed by atoms with Crippen LogP contribution in [0.5, 0.6) is 0 Å². The van der Waals surface area contributed by atoms with Crippen LogP contribution in [0.1, 0.15) is 78.1 Å². The van der Waals surface area contributed by atoms with E-state index in [-0.39, 0.29) is 11.0 Å². The molecule has 1 atom stereocenters. The quantitative estimate of drug-likeness (QED) is 0.197. The maximum Gasteiger partial charge on any atom is 0.334 e. The minimum absolute atomic E-state index is 0.166. The monoisotopic (exact) mass is 332 g/mol. The van der Waals surface area contributed by atoms with Crippen molar-refractivity contribution < 1.29 is 9.53 Å². The van der Waals surface area contributed by atoms with Crippen LogP contribution in [0.4, 0.5) is 0 Å². The van der Waals surface area contributed by atoms with Gasteiger partial charge in [-0.3, -0.25) is 0 Å². The molecule has 0 aliphatic heterocycles. The minimum Gasteiger partial charge on any atom is -0.447 e. The van der Waals surface area contributed by atoms with Gasteiger partial charge in [-0.25, -0.2) is 4.79 Å². The molecule has 0 saturated heterocycles. The molecule has 0 radical (unpaired) electrons. The van der Waals surface area contributed by atoms with Crippen molar-refractivity contribution in [1.82, 2.24) is 0 Å². The summed E-state index contributed by atoms with van der Waals surface area (Å²) >= 11 is 3.37. The van der Waals surface area contributed by atoms with Gasteiger partial charge < -0.3 is 4.74 Å². The lowest BCUT2D eigenvalue weighted by Crippen LogP contribution is -2.12. The van der Waals surface area contributed by atoms with Gasteiger partial charge >= 0.3 is 5.97 Å². The first kappa shape index (κ1) is 18.7. The number of alkyl halides is 1. The van der Waals surface area contributed by atoms with Gasteiger partial charge in [0.1, 0.15) is 0 Å². The summed E-state index contributed by atoms with van der Waals surface area (Å²) in [5.74, 6) is -0.308. The zero-order valence-corrected chi connectivity index (χ0v) is 14.1. The van der Waals surface area contributed by atoms with Gasteiger partial charge in [-0.15, -0.1) is 0 Å². The van der Waals surface area contributed by atoms with Crippen LogP contribution in [0.2, 0.25) is 0 Å². The number of esters is 1. The molecule has 19 heavy (non-hydrogen) atoms. The highest BCUT2D eigenvalue weighted by molar-refractivity contribution is 9.09. The first-order valence-corrected chi connectivity index (χ1v) is 8.50. The van der Waals surface area contributed by atoms with Gasteiger partial charge in [-0.2, -0.15) is 0 Å². The fourth-order valence-electron chi connectivity index (χ4n) is 1.89. The van der Waals surface area contributed by atoms with Crippen molar-refractivity contribution in [3.05, 3.63) is 12.2 Å². The van der Waals surface area contributed by atoms with Crippen LogP contribution in [0.15, 0.2) is 12.2 Å². The lowest BCUT2D eigenvalue weighted by Gasteiger charge is -2.11. The third-order valence-corrected chi connectivity index (χ3v) is 3.76. The third kappa shape index (κ3) is 12.5. The average Bonchev–Trinajstić information content (AvgIpc) is 2.36. The Labute approximate surface area is 127 Å². The van der Waals surface area contributed by atoms with Crippen LogP contribution in [0.3, 0.4) is 0 Å². The smallest absolute Gasteiger partial charge is 0.334 e. The number of carbonyl (C=O) groups is 1. The highest BCUT2D eigenvalue weighted by Crippen LogP contribution is 2.16. The Morgan fingerprint density at radius 3 is 2.00 bits per heavy atom. The second-order valence-electron chi connectivity index (χ2n) is 5.21. The third-order valence-electron chi connectivity index (χ3n) is 3.12. The van der Waals surface area contributed by atoms with Gasteiger partial charge in [0.05, 0.1) is 0 Å². The number of halogens is 1. The number of rotatable bonds is 12. The summed E-state index contributed by atoms with van der Waals surface area (Å²) in [7, 11) is 0. The number of unbranched alkanes of at least 4 members (excludes halogenated alkanes) is 8. The molecule has 0 bridgehead atoms. The normalized spacial score (nSPS) is 12.2. The Bertz CT molecular complexity index is 251. The van der Waals surface area contributed by atoms with E-state index < -0.39 is 0 Å². The Balaban J connectivity index is 3.29. The van der Waals surface area contributed by atoms with E-state index in [1.54, 1.807) is 6.92 Å². The van der Waals surface area contributed by atoms with Crippen molar-refractivity contribution >= 4 is 21.9 Å². The Morgan fingerprint density at radius 1 is 1.05 bits per heavy atom. The van der Waals surface area contributed by atoms with E-state index in [0.717, 1.165) is 12.8 Å². The highest BCUT2D eigenvalue weighted by Gasteiger charge is 2.10. The molecule has 0 heterocycles. The van der Waals surface area contributed by atoms with Crippen molar-refractivity contribution in [2.75, 3.05) is 0 Å². The lowest BCUT2D eigenvalue weighted by atomic mass is 10.1. The zero-order chi connectivity index (χ0) is 14.5. The number of carbonyl (C=O) groups excluding carboxylic acids is 1. The zero-order valence-electron chi connectivity index (χ0n) is 12.5. The van der Waals surface area contributed by atoms with Gasteiger partial charge in [0.15, 0.2) is 5.01 Å². The summed E-state index contributed by atoms with van der Waals surface area (Å²) in [6.45, 7) is 7.48. The first-order valence-electron chi connectivity index (χ1n) is 7.58. The molecule has 0 saturated carbocycles. The predicted octanol–water partition coefficient (Wildman–Crippen LogP) is 5.75. The molecule has 0 aromatic carbocycles. The summed E-state index contributed by atoms with van der Waals surface area (Å²) < 4.78 is 5.16. The number of hydrogen-bond acceptors (Lipinski definition) is 2. The largest absolute Gasteiger partial charge is 0.447 e. The fourth-order valence-corrected chi connectivity index (χ4v) is 2.38. The molecular formula is C16H29BrO2. The van der Waals surface area contributed by atoms with Crippen LogP contribution < -0.4 is 0 Å². The Hall–Kier alpha value is -0.310. The fraction of sp³-hybridized carbons (Fsp3) is 0.812. The Kier molecular flexibility index (Phi) is 12.5. The van der Waals surface area contributed by atoms with Gasteiger partial charge in [-0.1, -0.05) is 64.9 Å². The molecule has 0 fully saturated rings.